The molecular weight excluding hydrogens is 208 g/mol. The van der Waals surface area contributed by atoms with E-state index >= 15 is 0 Å². The van der Waals surface area contributed by atoms with Gasteiger partial charge in [0.25, 0.3) is 0 Å². The Kier molecular flexibility index (Phi) is 5.46. The van der Waals surface area contributed by atoms with Crippen LogP contribution >= 0.6 is 0 Å². The minimum atomic E-state index is 0.194. The van der Waals surface area contributed by atoms with Gasteiger partial charge in [-0.3, -0.25) is 4.90 Å². The molecule has 2 heteroatoms. The standard InChI is InChI=1S/C15H32N2/c1-12(2)9-13(3)17(5)15(4,11-16)10-14-7-6-8-14/h12-14H,6-11,16H2,1-5H3. The van der Waals surface area contributed by atoms with Crippen LogP contribution in [0.15, 0.2) is 0 Å². The van der Waals surface area contributed by atoms with E-state index in [0.717, 1.165) is 18.4 Å². The molecule has 2 N–H and O–H groups in total. The molecule has 1 fully saturated rings. The number of nitrogens with two attached hydrogens (primary N) is 1. The third kappa shape index (κ3) is 3.96. The molecule has 1 aliphatic rings. The van der Waals surface area contributed by atoms with Crippen LogP contribution in [0.5, 0.6) is 0 Å². The highest BCUT2D eigenvalue weighted by atomic mass is 15.2. The minimum absolute atomic E-state index is 0.194. The van der Waals surface area contributed by atoms with Crippen molar-refractivity contribution in [3.8, 4) is 0 Å². The fourth-order valence-corrected chi connectivity index (χ4v) is 3.06. The van der Waals surface area contributed by atoms with E-state index in [1.54, 1.807) is 0 Å². The van der Waals surface area contributed by atoms with Crippen LogP contribution in [0.2, 0.25) is 0 Å². The molecule has 0 bridgehead atoms. The van der Waals surface area contributed by atoms with E-state index in [2.05, 4.69) is 39.6 Å². The predicted molar refractivity (Wildman–Crippen MR) is 76.1 cm³/mol. The van der Waals surface area contributed by atoms with Crippen molar-refractivity contribution >= 4 is 0 Å². The van der Waals surface area contributed by atoms with E-state index in [1.165, 1.54) is 32.1 Å². The number of likely N-dealkylation sites (N-methyl/N-ethyl adjacent to an activating group) is 1. The zero-order chi connectivity index (χ0) is 13.1. The summed E-state index contributed by atoms with van der Waals surface area (Å²) < 4.78 is 0. The topological polar surface area (TPSA) is 29.3 Å². The molecule has 0 amide bonds. The van der Waals surface area contributed by atoms with E-state index in [9.17, 15) is 0 Å². The first-order chi connectivity index (χ1) is 7.89. The Labute approximate surface area is 108 Å². The maximum Gasteiger partial charge on any atom is 0.0306 e. The lowest BCUT2D eigenvalue weighted by molar-refractivity contribution is 0.0532. The highest BCUT2D eigenvalue weighted by Crippen LogP contribution is 2.36. The smallest absolute Gasteiger partial charge is 0.0306 e. The van der Waals surface area contributed by atoms with Gasteiger partial charge in [0.1, 0.15) is 0 Å². The molecule has 0 saturated heterocycles. The summed E-state index contributed by atoms with van der Waals surface area (Å²) in [4.78, 5) is 2.53. The van der Waals surface area contributed by atoms with Crippen LogP contribution in [0.4, 0.5) is 0 Å². The van der Waals surface area contributed by atoms with Crippen molar-refractivity contribution < 1.29 is 0 Å². The molecule has 0 aliphatic heterocycles. The molecule has 1 rings (SSSR count). The molecule has 0 aromatic carbocycles. The van der Waals surface area contributed by atoms with Gasteiger partial charge in [-0.25, -0.2) is 0 Å². The van der Waals surface area contributed by atoms with Crippen LogP contribution in [0, 0.1) is 11.8 Å². The Balaban J connectivity index is 2.56. The highest BCUT2D eigenvalue weighted by molar-refractivity contribution is 4.92. The van der Waals surface area contributed by atoms with E-state index in [0.29, 0.717) is 6.04 Å². The first-order valence-electron chi connectivity index (χ1n) is 7.32. The molecule has 2 atom stereocenters. The second-order valence-electron chi connectivity index (χ2n) is 6.79. The summed E-state index contributed by atoms with van der Waals surface area (Å²) in [5.74, 6) is 1.69. The molecule has 1 saturated carbocycles. The summed E-state index contributed by atoms with van der Waals surface area (Å²) in [6, 6.07) is 0.628. The molecule has 0 radical (unpaired) electrons. The molecule has 0 aromatic rings. The van der Waals surface area contributed by atoms with Crippen LogP contribution in [0.25, 0.3) is 0 Å². The Morgan fingerprint density at radius 3 is 2.24 bits per heavy atom. The summed E-state index contributed by atoms with van der Waals surface area (Å²) >= 11 is 0. The number of hydrogen-bond donors (Lipinski definition) is 1. The summed E-state index contributed by atoms with van der Waals surface area (Å²) in [6.45, 7) is 10.1. The third-order valence-electron chi connectivity index (χ3n) is 4.72. The first-order valence-corrected chi connectivity index (χ1v) is 7.32. The average molecular weight is 240 g/mol. The van der Waals surface area contributed by atoms with E-state index in [1.807, 2.05) is 0 Å². The molecule has 0 spiro atoms. The SMILES string of the molecule is CC(C)CC(C)N(C)C(C)(CN)CC1CCC1. The molecule has 0 aromatic heterocycles. The number of rotatable bonds is 7. The third-order valence-corrected chi connectivity index (χ3v) is 4.72. The van der Waals surface area contributed by atoms with Crippen molar-refractivity contribution in [2.24, 2.45) is 17.6 Å². The Hall–Kier alpha value is -0.0800. The van der Waals surface area contributed by atoms with Crippen molar-refractivity contribution in [2.45, 2.75) is 71.4 Å². The Morgan fingerprint density at radius 2 is 1.88 bits per heavy atom. The quantitative estimate of drug-likeness (QED) is 0.740. The van der Waals surface area contributed by atoms with Crippen LogP contribution in [0.3, 0.4) is 0 Å². The lowest BCUT2D eigenvalue weighted by Gasteiger charge is -2.45. The summed E-state index contributed by atoms with van der Waals surface area (Å²) in [6.07, 6.45) is 6.81. The Bertz CT molecular complexity index is 223. The van der Waals surface area contributed by atoms with Gasteiger partial charge in [0.15, 0.2) is 0 Å². The van der Waals surface area contributed by atoms with Gasteiger partial charge in [0.05, 0.1) is 0 Å². The van der Waals surface area contributed by atoms with Gasteiger partial charge >= 0.3 is 0 Å². The number of hydrogen-bond acceptors (Lipinski definition) is 2. The van der Waals surface area contributed by atoms with Gasteiger partial charge < -0.3 is 5.73 Å². The van der Waals surface area contributed by atoms with E-state index in [4.69, 9.17) is 5.73 Å². The summed E-state index contributed by atoms with van der Waals surface area (Å²) in [5, 5.41) is 0. The second kappa shape index (κ2) is 6.19. The fourth-order valence-electron chi connectivity index (χ4n) is 3.06. The highest BCUT2D eigenvalue weighted by Gasteiger charge is 2.35. The van der Waals surface area contributed by atoms with Gasteiger partial charge in [-0.15, -0.1) is 0 Å². The molecule has 2 nitrogen and oxygen atoms in total. The summed E-state index contributed by atoms with van der Waals surface area (Å²) in [7, 11) is 2.26. The maximum absolute atomic E-state index is 6.06. The zero-order valence-corrected chi connectivity index (χ0v) is 12.5. The normalized spacial score (nSPS) is 22.6. The molecular formula is C15H32N2. The van der Waals surface area contributed by atoms with Gasteiger partial charge in [-0.1, -0.05) is 33.1 Å². The fraction of sp³-hybridized carbons (Fsp3) is 1.00. The molecule has 17 heavy (non-hydrogen) atoms. The van der Waals surface area contributed by atoms with Gasteiger partial charge in [-0.05, 0) is 45.6 Å². The van der Waals surface area contributed by atoms with Crippen molar-refractivity contribution in [2.75, 3.05) is 13.6 Å². The monoisotopic (exact) mass is 240 g/mol. The van der Waals surface area contributed by atoms with Crippen molar-refractivity contribution in [1.29, 1.82) is 0 Å². The van der Waals surface area contributed by atoms with Crippen LogP contribution < -0.4 is 5.73 Å². The van der Waals surface area contributed by atoms with Gasteiger partial charge in [-0.2, -0.15) is 0 Å². The summed E-state index contributed by atoms with van der Waals surface area (Å²) in [5.41, 5.74) is 6.26. The van der Waals surface area contributed by atoms with Gasteiger partial charge in [0.2, 0.25) is 0 Å². The van der Waals surface area contributed by atoms with E-state index in [-0.39, 0.29) is 5.54 Å². The van der Waals surface area contributed by atoms with Crippen molar-refractivity contribution in [1.82, 2.24) is 4.90 Å². The maximum atomic E-state index is 6.06. The van der Waals surface area contributed by atoms with Crippen molar-refractivity contribution in [3.05, 3.63) is 0 Å². The second-order valence-corrected chi connectivity index (χ2v) is 6.79. The predicted octanol–water partition coefficient (Wildman–Crippen LogP) is 3.26. The largest absolute Gasteiger partial charge is 0.329 e. The Morgan fingerprint density at radius 1 is 1.29 bits per heavy atom. The molecule has 1 aliphatic carbocycles. The zero-order valence-electron chi connectivity index (χ0n) is 12.5. The lowest BCUT2D eigenvalue weighted by Crippen LogP contribution is -2.54. The first kappa shape index (κ1) is 15.0. The van der Waals surface area contributed by atoms with Crippen molar-refractivity contribution in [3.63, 3.8) is 0 Å². The number of nitrogens with zero attached hydrogens (tertiary/aromatic N) is 1. The lowest BCUT2D eigenvalue weighted by atomic mass is 9.75. The van der Waals surface area contributed by atoms with Crippen LogP contribution in [0.1, 0.15) is 59.8 Å². The molecule has 102 valence electrons. The van der Waals surface area contributed by atoms with Crippen LogP contribution in [-0.2, 0) is 0 Å². The average Bonchev–Trinajstić information content (AvgIpc) is 2.21. The van der Waals surface area contributed by atoms with Gasteiger partial charge in [0, 0.05) is 18.1 Å². The van der Waals surface area contributed by atoms with E-state index < -0.39 is 0 Å². The molecule has 2 unspecified atom stereocenters. The minimum Gasteiger partial charge on any atom is -0.329 e. The van der Waals surface area contributed by atoms with Crippen LogP contribution in [-0.4, -0.2) is 30.1 Å². The molecule has 0 heterocycles.